The van der Waals surface area contributed by atoms with Crippen molar-refractivity contribution >= 4 is 41.5 Å². The molecule has 1 heterocycles. The maximum Gasteiger partial charge on any atom is 0.198 e. The molecular weight excluding hydrogens is 525 g/mol. The van der Waals surface area contributed by atoms with Gasteiger partial charge in [0.25, 0.3) is 0 Å². The predicted octanol–water partition coefficient (Wildman–Crippen LogP) is 7.09. The summed E-state index contributed by atoms with van der Waals surface area (Å²) in [4.78, 5) is 10.5. The maximum absolute atomic E-state index is 6.10. The van der Waals surface area contributed by atoms with Crippen LogP contribution in [0.2, 0.25) is 0 Å². The Hall–Kier alpha value is -3.40. The van der Waals surface area contributed by atoms with Crippen LogP contribution < -0.4 is 15.3 Å². The third kappa shape index (κ3) is 7.81. The summed E-state index contributed by atoms with van der Waals surface area (Å²) in [6.45, 7) is 2.90. The van der Waals surface area contributed by atoms with Gasteiger partial charge in [-0.3, -0.25) is 25.1 Å². The van der Waals surface area contributed by atoms with Crippen molar-refractivity contribution in [3.8, 4) is 5.69 Å². The summed E-state index contributed by atoms with van der Waals surface area (Å²) in [5, 5.41) is 5.74. The van der Waals surface area contributed by atoms with Crippen LogP contribution >= 0.6 is 24.4 Å². The highest BCUT2D eigenvalue weighted by molar-refractivity contribution is 7.72. The molecule has 206 valence electrons. The number of hydrogen-bond donors (Lipinski definition) is 3. The molecule has 1 atom stereocenters. The van der Waals surface area contributed by atoms with E-state index in [1.807, 2.05) is 24.3 Å². The normalized spacial score (nSPS) is 11.8. The standard InChI is InChI=1S/C30H38N6OS2/c1-5-28(37-33-24-14-9-17-27(20-24)36-29(38)31-32-30(36)39)21-35(4)26-16-8-13-23(19-26)11-6-10-22-12-7-15-25(18-22)34(2)3/h7-9,12-20,28,33H,5-6,10-11,21H2,1-4H3,(H,31,38)(H,32,39). The fourth-order valence-electron chi connectivity index (χ4n) is 4.50. The quantitative estimate of drug-likeness (QED) is 0.119. The van der Waals surface area contributed by atoms with Gasteiger partial charge in [0, 0.05) is 39.1 Å². The van der Waals surface area contributed by atoms with Crippen molar-refractivity contribution < 1.29 is 4.84 Å². The number of benzene rings is 3. The Morgan fingerprint density at radius 2 is 1.46 bits per heavy atom. The van der Waals surface area contributed by atoms with Crippen molar-refractivity contribution in [2.45, 2.75) is 38.7 Å². The molecule has 0 aliphatic rings. The van der Waals surface area contributed by atoms with E-state index in [9.17, 15) is 0 Å². The van der Waals surface area contributed by atoms with Gasteiger partial charge in [-0.1, -0.05) is 37.3 Å². The van der Waals surface area contributed by atoms with E-state index in [-0.39, 0.29) is 6.10 Å². The zero-order chi connectivity index (χ0) is 27.8. The fourth-order valence-corrected chi connectivity index (χ4v) is 5.06. The molecule has 0 bridgehead atoms. The van der Waals surface area contributed by atoms with Crippen molar-refractivity contribution in [2.75, 3.05) is 43.0 Å². The average molecular weight is 563 g/mol. The molecule has 3 N–H and O–H groups in total. The summed E-state index contributed by atoms with van der Waals surface area (Å²) in [5.74, 6) is 0. The highest BCUT2D eigenvalue weighted by atomic mass is 32.1. The van der Waals surface area contributed by atoms with Crippen molar-refractivity contribution in [3.63, 3.8) is 0 Å². The summed E-state index contributed by atoms with van der Waals surface area (Å²) in [6.07, 6.45) is 4.12. The molecule has 0 radical (unpaired) electrons. The van der Waals surface area contributed by atoms with Crippen LogP contribution in [0.5, 0.6) is 0 Å². The van der Waals surface area contributed by atoms with Crippen LogP contribution in [0.3, 0.4) is 0 Å². The van der Waals surface area contributed by atoms with Crippen LogP contribution in [0, 0.1) is 9.54 Å². The Morgan fingerprint density at radius 3 is 2.10 bits per heavy atom. The topological polar surface area (TPSA) is 64.2 Å². The molecule has 1 unspecified atom stereocenters. The van der Waals surface area contributed by atoms with Gasteiger partial charge in [-0.05, 0) is 104 Å². The van der Waals surface area contributed by atoms with E-state index in [2.05, 4.69) is 102 Å². The van der Waals surface area contributed by atoms with Crippen molar-refractivity contribution in [2.24, 2.45) is 0 Å². The Labute approximate surface area is 241 Å². The van der Waals surface area contributed by atoms with E-state index in [1.165, 1.54) is 22.5 Å². The number of rotatable bonds is 13. The summed E-state index contributed by atoms with van der Waals surface area (Å²) in [6, 6.07) is 25.5. The molecule has 0 saturated heterocycles. The smallest absolute Gasteiger partial charge is 0.198 e. The molecule has 0 saturated carbocycles. The summed E-state index contributed by atoms with van der Waals surface area (Å²) in [7, 11) is 6.29. The lowest BCUT2D eigenvalue weighted by molar-refractivity contribution is 0.102. The Balaban J connectivity index is 1.31. The lowest BCUT2D eigenvalue weighted by Crippen LogP contribution is -2.32. The van der Waals surface area contributed by atoms with Crippen LogP contribution in [0.25, 0.3) is 5.69 Å². The Kier molecular flexibility index (Phi) is 9.97. The van der Waals surface area contributed by atoms with Crippen LogP contribution in [-0.4, -0.2) is 48.6 Å². The number of nitrogens with one attached hydrogen (secondary N) is 3. The highest BCUT2D eigenvalue weighted by Crippen LogP contribution is 2.21. The summed E-state index contributed by atoms with van der Waals surface area (Å²) in [5.41, 5.74) is 10.0. The molecule has 1 aromatic heterocycles. The molecule has 0 amide bonds. The molecule has 0 fully saturated rings. The predicted molar refractivity (Wildman–Crippen MR) is 167 cm³/mol. The minimum Gasteiger partial charge on any atom is -0.378 e. The van der Waals surface area contributed by atoms with Gasteiger partial charge in [-0.15, -0.1) is 0 Å². The van der Waals surface area contributed by atoms with E-state index in [0.717, 1.165) is 43.6 Å². The molecule has 0 spiro atoms. The van der Waals surface area contributed by atoms with Gasteiger partial charge in [-0.2, -0.15) is 0 Å². The summed E-state index contributed by atoms with van der Waals surface area (Å²) < 4.78 is 2.81. The van der Waals surface area contributed by atoms with Gasteiger partial charge in [0.15, 0.2) is 9.54 Å². The monoisotopic (exact) mass is 562 g/mol. The lowest BCUT2D eigenvalue weighted by atomic mass is 10.0. The Morgan fingerprint density at radius 1 is 0.846 bits per heavy atom. The van der Waals surface area contributed by atoms with E-state index < -0.39 is 0 Å². The second kappa shape index (κ2) is 13.6. The number of nitrogens with zero attached hydrogens (tertiary/aromatic N) is 3. The number of H-pyrrole nitrogens is 2. The molecule has 0 aliphatic carbocycles. The van der Waals surface area contributed by atoms with Crippen LogP contribution in [0.1, 0.15) is 30.9 Å². The average Bonchev–Trinajstić information content (AvgIpc) is 3.28. The zero-order valence-electron chi connectivity index (χ0n) is 23.1. The van der Waals surface area contributed by atoms with Crippen molar-refractivity contribution in [3.05, 3.63) is 93.5 Å². The van der Waals surface area contributed by atoms with E-state index in [1.54, 1.807) is 4.57 Å². The first-order valence-corrected chi connectivity index (χ1v) is 14.1. The first-order chi connectivity index (χ1) is 18.8. The number of aryl methyl sites for hydroxylation is 2. The number of hydrogen-bond acceptors (Lipinski definition) is 6. The van der Waals surface area contributed by atoms with Crippen molar-refractivity contribution in [1.82, 2.24) is 14.8 Å². The van der Waals surface area contributed by atoms with E-state index in [4.69, 9.17) is 29.3 Å². The van der Waals surface area contributed by atoms with Gasteiger partial charge in [-0.25, -0.2) is 0 Å². The molecule has 4 rings (SSSR count). The largest absolute Gasteiger partial charge is 0.378 e. The first-order valence-electron chi connectivity index (χ1n) is 13.3. The highest BCUT2D eigenvalue weighted by Gasteiger charge is 2.13. The molecule has 9 heteroatoms. The second-order valence-corrected chi connectivity index (χ2v) is 10.7. The number of aromatic amines is 2. The van der Waals surface area contributed by atoms with Gasteiger partial charge in [0.1, 0.15) is 6.10 Å². The van der Waals surface area contributed by atoms with Crippen LogP contribution in [-0.2, 0) is 17.7 Å². The second-order valence-electron chi connectivity index (χ2n) is 9.96. The minimum absolute atomic E-state index is 0.00329. The lowest BCUT2D eigenvalue weighted by Gasteiger charge is -2.26. The fraction of sp³-hybridized carbons (Fsp3) is 0.333. The third-order valence-corrected chi connectivity index (χ3v) is 7.34. The van der Waals surface area contributed by atoms with Crippen LogP contribution in [0.4, 0.5) is 17.1 Å². The van der Waals surface area contributed by atoms with Crippen molar-refractivity contribution in [1.29, 1.82) is 0 Å². The maximum atomic E-state index is 6.10. The van der Waals surface area contributed by atoms with Gasteiger partial charge in [0.2, 0.25) is 0 Å². The Bertz CT molecular complexity index is 1450. The number of anilines is 3. The molecule has 3 aromatic carbocycles. The molecule has 0 aliphatic heterocycles. The SMILES string of the molecule is CCC(CN(C)c1cccc(CCCc2cccc(N(C)C)c2)c1)ONc1cccc(-n2c(=S)[nH][nH]c2=S)c1. The van der Waals surface area contributed by atoms with Gasteiger partial charge in [0.05, 0.1) is 11.4 Å². The third-order valence-electron chi connectivity index (χ3n) is 6.77. The van der Waals surface area contributed by atoms with Crippen LogP contribution in [0.15, 0.2) is 72.8 Å². The minimum atomic E-state index is 0.00329. The van der Waals surface area contributed by atoms with Gasteiger partial charge < -0.3 is 9.80 Å². The van der Waals surface area contributed by atoms with E-state index >= 15 is 0 Å². The molecule has 7 nitrogen and oxygen atoms in total. The van der Waals surface area contributed by atoms with Gasteiger partial charge >= 0.3 is 0 Å². The number of likely N-dealkylation sites (N-methyl/N-ethyl adjacent to an activating group) is 1. The molecule has 4 aromatic rings. The summed E-state index contributed by atoms with van der Waals surface area (Å²) >= 11 is 10.7. The first kappa shape index (κ1) is 28.6. The zero-order valence-corrected chi connectivity index (χ0v) is 24.7. The molecular formula is C30H38N6OS2. The van der Waals surface area contributed by atoms with E-state index in [0.29, 0.717) is 9.54 Å². The molecule has 39 heavy (non-hydrogen) atoms. The number of aromatic nitrogens is 3.